The Hall–Kier alpha value is -1.78. The highest BCUT2D eigenvalue weighted by molar-refractivity contribution is 5.69. The van der Waals surface area contributed by atoms with Gasteiger partial charge in [-0.1, -0.05) is 6.07 Å². The fourth-order valence-electron chi connectivity index (χ4n) is 1.30. The molecule has 82 valence electrons. The number of hydrogen-bond acceptors (Lipinski definition) is 4. The second-order valence-corrected chi connectivity index (χ2v) is 2.87. The summed E-state index contributed by atoms with van der Waals surface area (Å²) in [6.07, 6.45) is 0. The first-order valence-corrected chi connectivity index (χ1v) is 4.84. The highest BCUT2D eigenvalue weighted by Gasteiger charge is 2.17. The summed E-state index contributed by atoms with van der Waals surface area (Å²) < 4.78 is 5.31. The zero-order valence-electron chi connectivity index (χ0n) is 8.82. The summed E-state index contributed by atoms with van der Waals surface area (Å²) >= 11 is 0. The maximum absolute atomic E-state index is 10.8. The van der Waals surface area contributed by atoms with Gasteiger partial charge in [-0.25, -0.2) is 0 Å². The van der Waals surface area contributed by atoms with Crippen molar-refractivity contribution in [3.05, 3.63) is 28.3 Å². The van der Waals surface area contributed by atoms with Crippen LogP contribution in [0.15, 0.2) is 18.2 Å². The van der Waals surface area contributed by atoms with E-state index in [-0.39, 0.29) is 5.69 Å². The van der Waals surface area contributed by atoms with Crippen LogP contribution in [0.5, 0.6) is 5.75 Å². The number of anilines is 1. The monoisotopic (exact) mass is 210 g/mol. The Kier molecular flexibility index (Phi) is 3.91. The molecule has 0 spiro atoms. The van der Waals surface area contributed by atoms with Gasteiger partial charge >= 0.3 is 0 Å². The predicted octanol–water partition coefficient (Wildman–Crippen LogP) is 2.43. The van der Waals surface area contributed by atoms with Crippen molar-refractivity contribution >= 4 is 11.4 Å². The van der Waals surface area contributed by atoms with Crippen molar-refractivity contribution in [3.63, 3.8) is 0 Å². The molecule has 0 heterocycles. The molecule has 0 atom stereocenters. The van der Waals surface area contributed by atoms with Gasteiger partial charge in [0.2, 0.25) is 0 Å². The summed E-state index contributed by atoms with van der Waals surface area (Å²) in [7, 11) is 0. The summed E-state index contributed by atoms with van der Waals surface area (Å²) in [5.74, 6) is 0.522. The summed E-state index contributed by atoms with van der Waals surface area (Å²) in [4.78, 5) is 10.3. The maximum atomic E-state index is 10.8. The fraction of sp³-hybridized carbons (Fsp3) is 0.400. The Morgan fingerprint density at radius 2 is 2.20 bits per heavy atom. The van der Waals surface area contributed by atoms with Crippen molar-refractivity contribution in [2.24, 2.45) is 0 Å². The molecular formula is C10H14N2O3. The van der Waals surface area contributed by atoms with Gasteiger partial charge in [-0.2, -0.15) is 0 Å². The number of para-hydroxylation sites is 1. The first-order valence-electron chi connectivity index (χ1n) is 4.84. The molecule has 5 heteroatoms. The number of ether oxygens (including phenoxy) is 1. The van der Waals surface area contributed by atoms with Crippen LogP contribution in [0.1, 0.15) is 13.8 Å². The highest BCUT2D eigenvalue weighted by atomic mass is 16.6. The summed E-state index contributed by atoms with van der Waals surface area (Å²) in [6, 6.07) is 4.79. The molecule has 1 aromatic carbocycles. The molecule has 0 unspecified atom stereocenters. The SMILES string of the molecule is CCNc1c(OCC)cccc1[N+](=O)[O-]. The third kappa shape index (κ3) is 2.59. The molecule has 0 radical (unpaired) electrons. The number of rotatable bonds is 5. The Balaban J connectivity index is 3.15. The molecule has 15 heavy (non-hydrogen) atoms. The topological polar surface area (TPSA) is 64.4 Å². The maximum Gasteiger partial charge on any atom is 0.296 e. The van der Waals surface area contributed by atoms with Crippen LogP contribution < -0.4 is 10.1 Å². The predicted molar refractivity (Wildman–Crippen MR) is 58.4 cm³/mol. The van der Waals surface area contributed by atoms with Crippen LogP contribution in [-0.2, 0) is 0 Å². The van der Waals surface area contributed by atoms with Gasteiger partial charge < -0.3 is 10.1 Å². The van der Waals surface area contributed by atoms with E-state index in [0.717, 1.165) is 0 Å². The molecule has 0 fully saturated rings. The normalized spacial score (nSPS) is 9.73. The zero-order chi connectivity index (χ0) is 11.3. The van der Waals surface area contributed by atoms with Crippen LogP contribution >= 0.6 is 0 Å². The lowest BCUT2D eigenvalue weighted by Gasteiger charge is -2.10. The minimum atomic E-state index is -0.416. The van der Waals surface area contributed by atoms with Crippen molar-refractivity contribution in [2.45, 2.75) is 13.8 Å². The second kappa shape index (κ2) is 5.19. The summed E-state index contributed by atoms with van der Waals surface area (Å²) in [5.41, 5.74) is 0.495. The lowest BCUT2D eigenvalue weighted by Crippen LogP contribution is -2.04. The van der Waals surface area contributed by atoms with Gasteiger partial charge in [-0.3, -0.25) is 10.1 Å². The summed E-state index contributed by atoms with van der Waals surface area (Å²) in [6.45, 7) is 4.82. The van der Waals surface area contributed by atoms with Gasteiger partial charge in [0.1, 0.15) is 5.75 Å². The Bertz CT molecular complexity index is 353. The van der Waals surface area contributed by atoms with Crippen LogP contribution in [0.4, 0.5) is 11.4 Å². The molecule has 0 bridgehead atoms. The average Bonchev–Trinajstić information content (AvgIpc) is 2.21. The number of hydrogen-bond donors (Lipinski definition) is 1. The Morgan fingerprint density at radius 1 is 1.47 bits per heavy atom. The van der Waals surface area contributed by atoms with Gasteiger partial charge in [0.15, 0.2) is 5.69 Å². The van der Waals surface area contributed by atoms with Crippen molar-refractivity contribution in [2.75, 3.05) is 18.5 Å². The average molecular weight is 210 g/mol. The molecule has 0 aromatic heterocycles. The molecule has 1 rings (SSSR count). The molecular weight excluding hydrogens is 196 g/mol. The first-order chi connectivity index (χ1) is 7.20. The van der Waals surface area contributed by atoms with Gasteiger partial charge in [0.05, 0.1) is 11.5 Å². The smallest absolute Gasteiger partial charge is 0.296 e. The van der Waals surface area contributed by atoms with Crippen molar-refractivity contribution in [1.29, 1.82) is 0 Å². The van der Waals surface area contributed by atoms with E-state index in [1.165, 1.54) is 6.07 Å². The molecule has 1 aromatic rings. The lowest BCUT2D eigenvalue weighted by molar-refractivity contribution is -0.384. The van der Waals surface area contributed by atoms with E-state index in [1.807, 2.05) is 13.8 Å². The largest absolute Gasteiger partial charge is 0.491 e. The van der Waals surface area contributed by atoms with Crippen molar-refractivity contribution in [1.82, 2.24) is 0 Å². The van der Waals surface area contributed by atoms with Gasteiger partial charge in [0.25, 0.3) is 5.69 Å². The molecule has 0 amide bonds. The molecule has 1 N–H and O–H groups in total. The second-order valence-electron chi connectivity index (χ2n) is 2.87. The van der Waals surface area contributed by atoms with Gasteiger partial charge in [-0.05, 0) is 19.9 Å². The fourth-order valence-corrected chi connectivity index (χ4v) is 1.30. The number of nitrogens with one attached hydrogen (secondary N) is 1. The third-order valence-electron chi connectivity index (χ3n) is 1.85. The number of nitrogens with zero attached hydrogens (tertiary/aromatic N) is 1. The zero-order valence-corrected chi connectivity index (χ0v) is 8.82. The summed E-state index contributed by atoms with van der Waals surface area (Å²) in [5, 5.41) is 13.7. The van der Waals surface area contributed by atoms with Crippen LogP contribution in [0.3, 0.4) is 0 Å². The number of benzene rings is 1. The number of nitro benzene ring substituents is 1. The Morgan fingerprint density at radius 3 is 2.73 bits per heavy atom. The van der Waals surface area contributed by atoms with Crippen LogP contribution in [-0.4, -0.2) is 18.1 Å². The quantitative estimate of drug-likeness (QED) is 0.598. The number of nitro groups is 1. The van der Waals surface area contributed by atoms with E-state index in [9.17, 15) is 10.1 Å². The minimum Gasteiger partial charge on any atom is -0.491 e. The van der Waals surface area contributed by atoms with Crippen LogP contribution in [0.2, 0.25) is 0 Å². The van der Waals surface area contributed by atoms with Crippen molar-refractivity contribution < 1.29 is 9.66 Å². The Labute approximate surface area is 88.2 Å². The molecule has 0 aliphatic heterocycles. The van der Waals surface area contributed by atoms with Crippen LogP contribution in [0, 0.1) is 10.1 Å². The first kappa shape index (κ1) is 11.3. The standard InChI is InChI=1S/C10H14N2O3/c1-3-11-10-8(12(13)14)6-5-7-9(10)15-4-2/h5-7,11H,3-4H2,1-2H3. The van der Waals surface area contributed by atoms with E-state index in [4.69, 9.17) is 4.74 Å². The van der Waals surface area contributed by atoms with Gasteiger partial charge in [0, 0.05) is 12.6 Å². The van der Waals surface area contributed by atoms with Crippen LogP contribution in [0.25, 0.3) is 0 Å². The third-order valence-corrected chi connectivity index (χ3v) is 1.85. The van der Waals surface area contributed by atoms with Gasteiger partial charge in [-0.15, -0.1) is 0 Å². The highest BCUT2D eigenvalue weighted by Crippen LogP contribution is 2.33. The molecule has 0 aliphatic carbocycles. The van der Waals surface area contributed by atoms with E-state index in [0.29, 0.717) is 24.6 Å². The molecule has 0 saturated carbocycles. The van der Waals surface area contributed by atoms with Crippen molar-refractivity contribution in [3.8, 4) is 5.75 Å². The van der Waals surface area contributed by atoms with E-state index < -0.39 is 4.92 Å². The van der Waals surface area contributed by atoms with E-state index in [1.54, 1.807) is 12.1 Å². The van der Waals surface area contributed by atoms with E-state index in [2.05, 4.69) is 5.32 Å². The lowest BCUT2D eigenvalue weighted by atomic mass is 10.2. The molecule has 0 aliphatic rings. The minimum absolute atomic E-state index is 0.0443. The molecule has 5 nitrogen and oxygen atoms in total. The molecule has 0 saturated heterocycles. The van der Waals surface area contributed by atoms with E-state index >= 15 is 0 Å².